The number of hydrogen-bond donors (Lipinski definition) is 1. The highest BCUT2D eigenvalue weighted by molar-refractivity contribution is 5.94. The SMILES string of the molecule is Cc1cccc(C(=O)CC23CCCC(N)(CC2)C3)n1. The molecule has 3 heteroatoms. The molecule has 2 aliphatic carbocycles. The van der Waals surface area contributed by atoms with Gasteiger partial charge < -0.3 is 5.73 Å². The van der Waals surface area contributed by atoms with Gasteiger partial charge >= 0.3 is 0 Å². The van der Waals surface area contributed by atoms with Gasteiger partial charge in [-0.2, -0.15) is 0 Å². The highest BCUT2D eigenvalue weighted by Crippen LogP contribution is 2.54. The summed E-state index contributed by atoms with van der Waals surface area (Å²) in [6, 6.07) is 5.67. The molecular weight excluding hydrogens is 236 g/mol. The zero-order chi connectivity index (χ0) is 13.5. The molecule has 3 nitrogen and oxygen atoms in total. The van der Waals surface area contributed by atoms with Gasteiger partial charge in [-0.1, -0.05) is 12.5 Å². The Bertz CT molecular complexity index is 513. The fourth-order valence-electron chi connectivity index (χ4n) is 4.05. The first-order valence-corrected chi connectivity index (χ1v) is 7.26. The molecule has 1 aromatic rings. The van der Waals surface area contributed by atoms with Crippen molar-refractivity contribution in [1.29, 1.82) is 0 Å². The van der Waals surface area contributed by atoms with Crippen LogP contribution >= 0.6 is 0 Å². The molecule has 102 valence electrons. The van der Waals surface area contributed by atoms with Crippen molar-refractivity contribution in [2.45, 2.75) is 57.4 Å². The lowest BCUT2D eigenvalue weighted by molar-refractivity contribution is 0.0866. The lowest BCUT2D eigenvalue weighted by Gasteiger charge is -2.37. The minimum atomic E-state index is 0.0125. The third-order valence-electron chi connectivity index (χ3n) is 4.97. The zero-order valence-corrected chi connectivity index (χ0v) is 11.6. The molecule has 2 aliphatic rings. The maximum Gasteiger partial charge on any atom is 0.181 e. The minimum Gasteiger partial charge on any atom is -0.325 e. The summed E-state index contributed by atoms with van der Waals surface area (Å²) in [6.07, 6.45) is 7.31. The number of carbonyl (C=O) groups is 1. The van der Waals surface area contributed by atoms with Crippen LogP contribution in [0.3, 0.4) is 0 Å². The molecule has 0 aliphatic heterocycles. The first-order chi connectivity index (χ1) is 9.00. The quantitative estimate of drug-likeness (QED) is 0.848. The van der Waals surface area contributed by atoms with E-state index in [4.69, 9.17) is 5.73 Å². The van der Waals surface area contributed by atoms with Gasteiger partial charge in [-0.15, -0.1) is 0 Å². The summed E-state index contributed by atoms with van der Waals surface area (Å²) in [5, 5.41) is 0. The molecule has 3 rings (SSSR count). The predicted molar refractivity (Wildman–Crippen MR) is 75.0 cm³/mol. The lowest BCUT2D eigenvalue weighted by atomic mass is 9.70. The van der Waals surface area contributed by atoms with Crippen molar-refractivity contribution < 1.29 is 4.79 Å². The second-order valence-corrected chi connectivity index (χ2v) is 6.66. The summed E-state index contributed by atoms with van der Waals surface area (Å²) in [5.41, 5.74) is 8.10. The smallest absolute Gasteiger partial charge is 0.181 e. The lowest BCUT2D eigenvalue weighted by Crippen LogP contribution is -2.41. The van der Waals surface area contributed by atoms with Crippen LogP contribution < -0.4 is 5.73 Å². The molecule has 0 radical (unpaired) electrons. The number of aryl methyl sites for hydroxylation is 1. The van der Waals surface area contributed by atoms with Crippen molar-refractivity contribution in [2.75, 3.05) is 0 Å². The van der Waals surface area contributed by atoms with Crippen LogP contribution in [0.4, 0.5) is 0 Å². The van der Waals surface area contributed by atoms with Crippen molar-refractivity contribution >= 4 is 5.78 Å². The molecule has 0 aromatic carbocycles. The molecule has 2 saturated carbocycles. The molecule has 0 spiro atoms. The molecule has 2 bridgehead atoms. The van der Waals surface area contributed by atoms with Crippen LogP contribution in [-0.2, 0) is 0 Å². The molecule has 2 unspecified atom stereocenters. The fraction of sp³-hybridized carbons (Fsp3) is 0.625. The first-order valence-electron chi connectivity index (χ1n) is 7.26. The van der Waals surface area contributed by atoms with E-state index >= 15 is 0 Å². The van der Waals surface area contributed by atoms with Gasteiger partial charge in [-0.25, -0.2) is 0 Å². The van der Waals surface area contributed by atoms with Crippen LogP contribution in [0.15, 0.2) is 18.2 Å². The highest BCUT2D eigenvalue weighted by Gasteiger charge is 2.49. The molecule has 2 N–H and O–H groups in total. The Kier molecular flexibility index (Phi) is 2.97. The highest BCUT2D eigenvalue weighted by atomic mass is 16.1. The third kappa shape index (κ3) is 2.44. The molecule has 2 atom stereocenters. The van der Waals surface area contributed by atoms with Gasteiger partial charge in [-0.3, -0.25) is 9.78 Å². The molecule has 0 saturated heterocycles. The van der Waals surface area contributed by atoms with E-state index < -0.39 is 0 Å². The van der Waals surface area contributed by atoms with E-state index in [0.29, 0.717) is 12.1 Å². The molecular formula is C16H22N2O. The Morgan fingerprint density at radius 1 is 1.32 bits per heavy atom. The van der Waals surface area contributed by atoms with Gasteiger partial charge in [0.05, 0.1) is 0 Å². The van der Waals surface area contributed by atoms with Crippen LogP contribution in [-0.4, -0.2) is 16.3 Å². The molecule has 0 amide bonds. The van der Waals surface area contributed by atoms with Crippen molar-refractivity contribution in [3.05, 3.63) is 29.6 Å². The second-order valence-electron chi connectivity index (χ2n) is 6.66. The average Bonchev–Trinajstić information content (AvgIpc) is 2.59. The maximum absolute atomic E-state index is 12.4. The van der Waals surface area contributed by atoms with E-state index in [2.05, 4.69) is 4.98 Å². The number of ketones is 1. The van der Waals surface area contributed by atoms with Gasteiger partial charge in [-0.05, 0) is 56.6 Å². The van der Waals surface area contributed by atoms with E-state index in [1.165, 1.54) is 6.42 Å². The van der Waals surface area contributed by atoms with Crippen LogP contribution in [0.5, 0.6) is 0 Å². The largest absolute Gasteiger partial charge is 0.325 e. The van der Waals surface area contributed by atoms with Crippen molar-refractivity contribution in [3.8, 4) is 0 Å². The topological polar surface area (TPSA) is 56.0 Å². The van der Waals surface area contributed by atoms with Gasteiger partial charge in [0.25, 0.3) is 0 Å². The van der Waals surface area contributed by atoms with Crippen molar-refractivity contribution in [2.24, 2.45) is 11.1 Å². The Balaban J connectivity index is 1.77. The van der Waals surface area contributed by atoms with E-state index in [0.717, 1.165) is 37.8 Å². The Morgan fingerprint density at radius 2 is 2.16 bits per heavy atom. The Morgan fingerprint density at radius 3 is 2.95 bits per heavy atom. The summed E-state index contributed by atoms with van der Waals surface area (Å²) in [6.45, 7) is 1.93. The van der Waals surface area contributed by atoms with E-state index in [9.17, 15) is 4.79 Å². The van der Waals surface area contributed by atoms with Gasteiger partial charge in [0.1, 0.15) is 5.69 Å². The van der Waals surface area contributed by atoms with Crippen LogP contribution in [0.2, 0.25) is 0 Å². The number of carbonyl (C=O) groups excluding carboxylic acids is 1. The van der Waals surface area contributed by atoms with Crippen molar-refractivity contribution in [3.63, 3.8) is 0 Å². The predicted octanol–water partition coefficient (Wildman–Crippen LogP) is 3.01. The third-order valence-corrected chi connectivity index (χ3v) is 4.97. The van der Waals surface area contributed by atoms with E-state index in [1.807, 2.05) is 25.1 Å². The summed E-state index contributed by atoms with van der Waals surface area (Å²) >= 11 is 0. The van der Waals surface area contributed by atoms with Crippen molar-refractivity contribution in [1.82, 2.24) is 4.98 Å². The fourth-order valence-corrected chi connectivity index (χ4v) is 4.05. The minimum absolute atomic E-state index is 0.0125. The normalized spacial score (nSPS) is 33.4. The Hall–Kier alpha value is -1.22. The molecule has 1 heterocycles. The van der Waals surface area contributed by atoms with E-state index in [-0.39, 0.29) is 16.7 Å². The number of pyridine rings is 1. The number of aromatic nitrogens is 1. The summed E-state index contributed by atoms with van der Waals surface area (Å²) in [7, 11) is 0. The van der Waals surface area contributed by atoms with Crippen LogP contribution in [0.1, 0.15) is 61.1 Å². The average molecular weight is 258 g/mol. The van der Waals surface area contributed by atoms with Gasteiger partial charge in [0.2, 0.25) is 0 Å². The maximum atomic E-state index is 12.4. The van der Waals surface area contributed by atoms with Crippen LogP contribution in [0, 0.1) is 12.3 Å². The van der Waals surface area contributed by atoms with E-state index in [1.54, 1.807) is 0 Å². The number of rotatable bonds is 3. The zero-order valence-electron chi connectivity index (χ0n) is 11.6. The standard InChI is InChI=1S/C16H22N2O/c1-12-4-2-5-13(18-12)14(19)10-15-6-3-7-16(17,11-15)9-8-15/h2,4-5H,3,6-11,17H2,1H3. The summed E-state index contributed by atoms with van der Waals surface area (Å²) in [4.78, 5) is 16.8. The Labute approximate surface area is 114 Å². The number of nitrogens with zero attached hydrogens (tertiary/aromatic N) is 1. The molecule has 2 fully saturated rings. The second kappa shape index (κ2) is 4.41. The number of hydrogen-bond acceptors (Lipinski definition) is 3. The number of nitrogens with two attached hydrogens (primary N) is 1. The number of Topliss-reactive ketones (excluding diaryl/α,β-unsaturated/α-hetero) is 1. The monoisotopic (exact) mass is 258 g/mol. The molecule has 19 heavy (non-hydrogen) atoms. The van der Waals surface area contributed by atoms with Gasteiger partial charge in [0, 0.05) is 17.7 Å². The summed E-state index contributed by atoms with van der Waals surface area (Å²) in [5.74, 6) is 0.190. The van der Waals surface area contributed by atoms with Gasteiger partial charge in [0.15, 0.2) is 5.78 Å². The summed E-state index contributed by atoms with van der Waals surface area (Å²) < 4.78 is 0. The first kappa shape index (κ1) is 12.8. The van der Waals surface area contributed by atoms with Crippen LogP contribution in [0.25, 0.3) is 0 Å². The molecule has 1 aromatic heterocycles. The number of fused-ring (bicyclic) bond motifs is 2.